The van der Waals surface area contributed by atoms with E-state index in [0.29, 0.717) is 11.1 Å². The highest BCUT2D eigenvalue weighted by molar-refractivity contribution is 5.98. The molecule has 3 aromatic carbocycles. The summed E-state index contributed by atoms with van der Waals surface area (Å²) in [5.41, 5.74) is 3.89. The number of unbranched alkanes of at least 4 members (excludes halogenated alkanes) is 1. The van der Waals surface area contributed by atoms with Crippen molar-refractivity contribution >= 4 is 41.2 Å². The van der Waals surface area contributed by atoms with Crippen molar-refractivity contribution in [3.05, 3.63) is 101 Å². The lowest BCUT2D eigenvalue weighted by atomic mass is 10.1. The molecule has 7 heteroatoms. The van der Waals surface area contributed by atoms with E-state index in [1.54, 1.807) is 6.92 Å². The molecule has 0 heterocycles. The van der Waals surface area contributed by atoms with Crippen LogP contribution in [0.5, 0.6) is 0 Å². The topological polar surface area (TPSA) is 103 Å². The van der Waals surface area contributed by atoms with Gasteiger partial charge in [-0.3, -0.25) is 0 Å². The summed E-state index contributed by atoms with van der Waals surface area (Å²) < 4.78 is 10.1. The van der Waals surface area contributed by atoms with E-state index >= 15 is 0 Å². The van der Waals surface area contributed by atoms with Gasteiger partial charge in [-0.25, -0.2) is 9.59 Å². The van der Waals surface area contributed by atoms with E-state index in [1.165, 1.54) is 12.2 Å². The Balaban J connectivity index is 1.91. The molecule has 0 aliphatic rings. The molecule has 0 bridgehead atoms. The number of benzene rings is 3. The highest BCUT2D eigenvalue weighted by Gasteiger charge is 2.14. The molecule has 0 atom stereocenters. The fourth-order valence-corrected chi connectivity index (χ4v) is 3.67. The third-order valence-corrected chi connectivity index (χ3v) is 5.63. The Hall–Kier alpha value is -5.14. The third kappa shape index (κ3) is 7.92. The average Bonchev–Trinajstić information content (AvgIpc) is 2.97. The molecule has 0 aromatic heterocycles. The first-order valence-electron chi connectivity index (χ1n) is 12.6. The number of rotatable bonds is 11. The van der Waals surface area contributed by atoms with Gasteiger partial charge in [0.2, 0.25) is 0 Å². The maximum atomic E-state index is 12.2. The van der Waals surface area contributed by atoms with Crippen molar-refractivity contribution in [3.8, 4) is 12.1 Å². The number of ether oxygens (including phenoxy) is 2. The fourth-order valence-electron chi connectivity index (χ4n) is 3.67. The second kappa shape index (κ2) is 14.6. The van der Waals surface area contributed by atoms with Gasteiger partial charge in [0.15, 0.2) is 0 Å². The summed E-state index contributed by atoms with van der Waals surface area (Å²) >= 11 is 0. The van der Waals surface area contributed by atoms with Gasteiger partial charge in [0.25, 0.3) is 0 Å². The lowest BCUT2D eigenvalue weighted by Gasteiger charge is -2.25. The van der Waals surface area contributed by atoms with Crippen molar-refractivity contribution in [2.45, 2.75) is 26.7 Å². The van der Waals surface area contributed by atoms with E-state index in [4.69, 9.17) is 9.47 Å². The molecule has 0 fully saturated rings. The second-order valence-corrected chi connectivity index (χ2v) is 8.40. The van der Waals surface area contributed by atoms with Gasteiger partial charge in [-0.1, -0.05) is 55.8 Å². The molecule has 3 aromatic rings. The Morgan fingerprint density at radius 1 is 0.718 bits per heavy atom. The van der Waals surface area contributed by atoms with E-state index in [1.807, 2.05) is 103 Å². The van der Waals surface area contributed by atoms with Gasteiger partial charge >= 0.3 is 11.9 Å². The van der Waals surface area contributed by atoms with Crippen LogP contribution < -0.4 is 4.90 Å². The SMILES string of the molecule is CCCCOC(=O)/C(C#N)=C/c1ccc(N(c2ccccc2)c2ccc(/C=C(\C#N)C(=O)OCC)cc2)cc1. The lowest BCUT2D eigenvalue weighted by molar-refractivity contribution is -0.139. The molecular weight excluding hydrogens is 490 g/mol. The van der Waals surface area contributed by atoms with Gasteiger partial charge in [-0.05, 0) is 73.0 Å². The van der Waals surface area contributed by atoms with Crippen LogP contribution in [0.4, 0.5) is 17.1 Å². The molecule has 0 N–H and O–H groups in total. The Kier molecular flexibility index (Phi) is 10.6. The second-order valence-electron chi connectivity index (χ2n) is 8.40. The molecule has 0 unspecified atom stereocenters. The molecule has 0 saturated heterocycles. The number of carbonyl (C=O) groups excluding carboxylic acids is 2. The van der Waals surface area contributed by atoms with Gasteiger partial charge in [0, 0.05) is 17.1 Å². The van der Waals surface area contributed by atoms with E-state index < -0.39 is 11.9 Å². The number of hydrogen-bond acceptors (Lipinski definition) is 7. The summed E-state index contributed by atoms with van der Waals surface area (Å²) in [4.78, 5) is 26.2. The largest absolute Gasteiger partial charge is 0.462 e. The molecule has 0 aliphatic carbocycles. The highest BCUT2D eigenvalue weighted by Crippen LogP contribution is 2.34. The number of nitrogens with zero attached hydrogens (tertiary/aromatic N) is 3. The maximum Gasteiger partial charge on any atom is 0.348 e. The first kappa shape index (κ1) is 28.4. The molecule has 0 aliphatic heterocycles. The van der Waals surface area contributed by atoms with Gasteiger partial charge in [0.1, 0.15) is 23.3 Å². The first-order chi connectivity index (χ1) is 19.0. The molecule has 0 spiro atoms. The Morgan fingerprint density at radius 3 is 1.62 bits per heavy atom. The maximum absolute atomic E-state index is 12.2. The van der Waals surface area contributed by atoms with Gasteiger partial charge < -0.3 is 14.4 Å². The Bertz CT molecular complexity index is 1410. The molecule has 39 heavy (non-hydrogen) atoms. The smallest absolute Gasteiger partial charge is 0.348 e. The summed E-state index contributed by atoms with van der Waals surface area (Å²) in [6.07, 6.45) is 4.65. The van der Waals surface area contributed by atoms with E-state index in [-0.39, 0.29) is 24.4 Å². The zero-order valence-corrected chi connectivity index (χ0v) is 22.0. The molecule has 3 rings (SSSR count). The fraction of sp³-hybridized carbons (Fsp3) is 0.188. The number of carbonyl (C=O) groups is 2. The van der Waals surface area contributed by atoms with E-state index in [2.05, 4.69) is 0 Å². The molecule has 196 valence electrons. The first-order valence-corrected chi connectivity index (χ1v) is 12.6. The Morgan fingerprint density at radius 2 is 1.18 bits per heavy atom. The van der Waals surface area contributed by atoms with Crippen molar-refractivity contribution in [2.75, 3.05) is 18.1 Å². The quantitative estimate of drug-likeness (QED) is 0.118. The van der Waals surface area contributed by atoms with Crippen LogP contribution in [0.1, 0.15) is 37.8 Å². The normalized spacial score (nSPS) is 11.2. The van der Waals surface area contributed by atoms with Crippen LogP contribution in [0, 0.1) is 22.7 Å². The molecular formula is C32H29N3O4. The molecule has 0 amide bonds. The molecule has 0 radical (unpaired) electrons. The van der Waals surface area contributed by atoms with Crippen molar-refractivity contribution in [1.29, 1.82) is 10.5 Å². The average molecular weight is 520 g/mol. The third-order valence-electron chi connectivity index (χ3n) is 5.63. The van der Waals surface area contributed by atoms with Gasteiger partial charge in [-0.2, -0.15) is 10.5 Å². The van der Waals surface area contributed by atoms with Crippen molar-refractivity contribution in [3.63, 3.8) is 0 Å². The minimum atomic E-state index is -0.655. The van der Waals surface area contributed by atoms with Crippen LogP contribution >= 0.6 is 0 Å². The van der Waals surface area contributed by atoms with Crippen LogP contribution in [0.3, 0.4) is 0 Å². The van der Waals surface area contributed by atoms with Crippen molar-refractivity contribution in [1.82, 2.24) is 0 Å². The van der Waals surface area contributed by atoms with E-state index in [9.17, 15) is 20.1 Å². The van der Waals surface area contributed by atoms with Crippen LogP contribution in [0.15, 0.2) is 90.0 Å². The zero-order chi connectivity index (χ0) is 28.0. The summed E-state index contributed by atoms with van der Waals surface area (Å²) in [5, 5.41) is 18.8. The predicted octanol–water partition coefficient (Wildman–Crippen LogP) is 6.88. The predicted molar refractivity (Wildman–Crippen MR) is 151 cm³/mol. The molecule has 0 saturated carbocycles. The van der Waals surface area contributed by atoms with E-state index in [0.717, 1.165) is 29.9 Å². The number of hydrogen-bond donors (Lipinski definition) is 0. The minimum absolute atomic E-state index is 0.0537. The highest BCUT2D eigenvalue weighted by atomic mass is 16.5. The van der Waals surface area contributed by atoms with Crippen molar-refractivity contribution in [2.24, 2.45) is 0 Å². The van der Waals surface area contributed by atoms with Gasteiger partial charge in [-0.15, -0.1) is 0 Å². The monoisotopic (exact) mass is 519 g/mol. The number of esters is 2. The van der Waals surface area contributed by atoms with Crippen LogP contribution in [0.25, 0.3) is 12.2 Å². The number of para-hydroxylation sites is 1. The number of anilines is 3. The standard InChI is InChI=1S/C32H29N3O4/c1-3-5-19-39-32(37)27(23-34)21-25-13-17-30(18-14-25)35(28-9-7-6-8-10-28)29-15-11-24(12-16-29)20-26(22-33)31(36)38-4-2/h6-18,20-21H,3-5,19H2,1-2H3/b26-20+,27-21+. The Labute approximate surface area is 228 Å². The summed E-state index contributed by atoms with van der Waals surface area (Å²) in [5.74, 6) is -1.28. The lowest BCUT2D eigenvalue weighted by Crippen LogP contribution is -2.10. The minimum Gasteiger partial charge on any atom is -0.462 e. The zero-order valence-electron chi connectivity index (χ0n) is 22.0. The number of nitriles is 2. The van der Waals surface area contributed by atoms with Crippen molar-refractivity contribution < 1.29 is 19.1 Å². The summed E-state index contributed by atoms with van der Waals surface area (Å²) in [6, 6.07) is 28.5. The summed E-state index contributed by atoms with van der Waals surface area (Å²) in [7, 11) is 0. The van der Waals surface area contributed by atoms with Crippen LogP contribution in [0.2, 0.25) is 0 Å². The summed E-state index contributed by atoms with van der Waals surface area (Å²) in [6.45, 7) is 4.16. The van der Waals surface area contributed by atoms with Crippen LogP contribution in [-0.4, -0.2) is 25.2 Å². The van der Waals surface area contributed by atoms with Crippen LogP contribution in [-0.2, 0) is 19.1 Å². The molecule has 7 nitrogen and oxygen atoms in total. The van der Waals surface area contributed by atoms with Gasteiger partial charge in [0.05, 0.1) is 13.2 Å².